The Morgan fingerprint density at radius 3 is 2.80 bits per heavy atom. The van der Waals surface area contributed by atoms with Crippen LogP contribution in [0.2, 0.25) is 0 Å². The summed E-state index contributed by atoms with van der Waals surface area (Å²) >= 11 is 0. The Bertz CT molecular complexity index is 458. The normalized spacial score (nSPS) is 19.9. The zero-order valence-electron chi connectivity index (χ0n) is 11.9. The molecule has 1 heterocycles. The van der Waals surface area contributed by atoms with Crippen LogP contribution in [0, 0.1) is 0 Å². The van der Waals surface area contributed by atoms with Crippen molar-refractivity contribution >= 4 is 11.8 Å². The third-order valence-electron chi connectivity index (χ3n) is 3.57. The highest BCUT2D eigenvalue weighted by molar-refractivity contribution is 5.88. The lowest BCUT2D eigenvalue weighted by molar-refractivity contribution is -0.147. The van der Waals surface area contributed by atoms with Gasteiger partial charge < -0.3 is 4.74 Å². The number of nitrogens with zero attached hydrogens (tertiary/aromatic N) is 1. The van der Waals surface area contributed by atoms with Gasteiger partial charge in [0, 0.05) is 13.0 Å². The van der Waals surface area contributed by atoms with Gasteiger partial charge in [-0.25, -0.2) is 0 Å². The van der Waals surface area contributed by atoms with Crippen LogP contribution in [0.5, 0.6) is 0 Å². The molecule has 1 unspecified atom stereocenters. The lowest BCUT2D eigenvalue weighted by Crippen LogP contribution is -2.46. The predicted molar refractivity (Wildman–Crippen MR) is 76.1 cm³/mol. The lowest BCUT2D eigenvalue weighted by atomic mass is 9.97. The van der Waals surface area contributed by atoms with Crippen molar-refractivity contribution in [1.82, 2.24) is 4.90 Å². The molecule has 1 fully saturated rings. The fourth-order valence-corrected chi connectivity index (χ4v) is 2.61. The van der Waals surface area contributed by atoms with Gasteiger partial charge >= 0.3 is 5.97 Å². The number of benzene rings is 1. The molecule has 1 aromatic carbocycles. The summed E-state index contributed by atoms with van der Waals surface area (Å²) < 4.78 is 4.97. The van der Waals surface area contributed by atoms with Crippen LogP contribution in [-0.4, -0.2) is 35.8 Å². The molecule has 0 aromatic heterocycles. The Hall–Kier alpha value is -1.68. The number of esters is 1. The van der Waals surface area contributed by atoms with Crippen molar-refractivity contribution in [3.8, 4) is 0 Å². The van der Waals surface area contributed by atoms with Crippen molar-refractivity contribution in [2.24, 2.45) is 0 Å². The highest BCUT2D eigenvalue weighted by Gasteiger charge is 2.31. The first-order valence-electron chi connectivity index (χ1n) is 7.17. The Balaban J connectivity index is 2.04. The summed E-state index contributed by atoms with van der Waals surface area (Å²) in [5.41, 5.74) is 1.16. The van der Waals surface area contributed by atoms with Crippen molar-refractivity contribution in [3.05, 3.63) is 35.9 Å². The monoisotopic (exact) mass is 275 g/mol. The second-order valence-corrected chi connectivity index (χ2v) is 5.05. The number of hydrogen-bond donors (Lipinski definition) is 0. The first kappa shape index (κ1) is 14.7. The van der Waals surface area contributed by atoms with Crippen LogP contribution in [0.3, 0.4) is 0 Å². The maximum Gasteiger partial charge on any atom is 0.307 e. The summed E-state index contributed by atoms with van der Waals surface area (Å²) in [5.74, 6) is -0.133. The predicted octanol–water partition coefficient (Wildman–Crippen LogP) is 2.17. The molecule has 0 amide bonds. The van der Waals surface area contributed by atoms with Gasteiger partial charge in [0.25, 0.3) is 0 Å². The maximum atomic E-state index is 12.1. The maximum absolute atomic E-state index is 12.1. The minimum atomic E-state index is -0.331. The number of carbonyl (C=O) groups excluding carboxylic acids is 2. The summed E-state index contributed by atoms with van der Waals surface area (Å²) in [7, 11) is 0. The van der Waals surface area contributed by atoms with E-state index >= 15 is 0 Å². The number of carbonyl (C=O) groups is 2. The summed E-state index contributed by atoms with van der Waals surface area (Å²) in [6.07, 6.45) is 1.60. The van der Waals surface area contributed by atoms with Gasteiger partial charge in [0.2, 0.25) is 0 Å². The molecule has 2 rings (SSSR count). The molecule has 4 heteroatoms. The van der Waals surface area contributed by atoms with E-state index in [0.29, 0.717) is 19.6 Å². The second-order valence-electron chi connectivity index (χ2n) is 5.05. The fourth-order valence-electron chi connectivity index (χ4n) is 2.61. The van der Waals surface area contributed by atoms with Crippen molar-refractivity contribution in [3.63, 3.8) is 0 Å². The molecule has 0 spiro atoms. The summed E-state index contributed by atoms with van der Waals surface area (Å²) in [4.78, 5) is 25.8. The van der Waals surface area contributed by atoms with Crippen molar-refractivity contribution < 1.29 is 14.3 Å². The highest BCUT2D eigenvalue weighted by Crippen LogP contribution is 2.20. The van der Waals surface area contributed by atoms with Gasteiger partial charge in [-0.15, -0.1) is 0 Å². The number of ether oxygens (including phenoxy) is 1. The molecule has 1 saturated heterocycles. The molecule has 0 N–H and O–H groups in total. The molecular formula is C16H21NO3. The van der Waals surface area contributed by atoms with E-state index < -0.39 is 0 Å². The smallest absolute Gasteiger partial charge is 0.307 e. The average molecular weight is 275 g/mol. The topological polar surface area (TPSA) is 46.6 Å². The molecule has 0 saturated carbocycles. The van der Waals surface area contributed by atoms with Crippen LogP contribution in [0.4, 0.5) is 0 Å². The Morgan fingerprint density at radius 2 is 2.10 bits per heavy atom. The molecule has 0 radical (unpaired) electrons. The number of likely N-dealkylation sites (tertiary alicyclic amines) is 1. The largest absolute Gasteiger partial charge is 0.466 e. The number of ketones is 1. The van der Waals surface area contributed by atoms with Crippen LogP contribution < -0.4 is 0 Å². The summed E-state index contributed by atoms with van der Waals surface area (Å²) in [6, 6.07) is 9.70. The standard InChI is InChI=1S/C16H21NO3/c1-2-20-16(19)11-14-15(18)9-6-10-17(14)12-13-7-4-3-5-8-13/h3-5,7-8,14H,2,6,9-12H2,1H3. The number of Topliss-reactive ketones (excluding diaryl/α,β-unsaturated/α-hetero) is 1. The van der Waals surface area contributed by atoms with Crippen molar-refractivity contribution in [2.75, 3.05) is 13.2 Å². The van der Waals surface area contributed by atoms with E-state index in [-0.39, 0.29) is 24.2 Å². The van der Waals surface area contributed by atoms with Crippen LogP contribution in [0.25, 0.3) is 0 Å². The lowest BCUT2D eigenvalue weighted by Gasteiger charge is -2.34. The quantitative estimate of drug-likeness (QED) is 0.773. The van der Waals surface area contributed by atoms with Crippen molar-refractivity contribution in [2.45, 2.75) is 38.8 Å². The molecular weight excluding hydrogens is 254 g/mol. The van der Waals surface area contributed by atoms with Gasteiger partial charge in [-0.1, -0.05) is 30.3 Å². The van der Waals surface area contributed by atoms with E-state index in [2.05, 4.69) is 4.90 Å². The van der Waals surface area contributed by atoms with E-state index in [1.165, 1.54) is 0 Å². The van der Waals surface area contributed by atoms with Crippen LogP contribution in [0.1, 0.15) is 31.7 Å². The number of rotatable bonds is 5. The second kappa shape index (κ2) is 7.20. The van der Waals surface area contributed by atoms with Crippen LogP contribution >= 0.6 is 0 Å². The molecule has 1 atom stereocenters. The first-order valence-corrected chi connectivity index (χ1v) is 7.17. The SMILES string of the molecule is CCOC(=O)CC1C(=O)CCCN1Cc1ccccc1. The molecule has 108 valence electrons. The molecule has 0 bridgehead atoms. The zero-order chi connectivity index (χ0) is 14.4. The van der Waals surface area contributed by atoms with E-state index in [9.17, 15) is 9.59 Å². The molecule has 4 nitrogen and oxygen atoms in total. The minimum Gasteiger partial charge on any atom is -0.466 e. The molecule has 20 heavy (non-hydrogen) atoms. The number of piperidine rings is 1. The van der Waals surface area contributed by atoms with E-state index in [4.69, 9.17) is 4.74 Å². The van der Waals surface area contributed by atoms with Crippen LogP contribution in [-0.2, 0) is 20.9 Å². The molecule has 1 aliphatic heterocycles. The first-order chi connectivity index (χ1) is 9.70. The average Bonchev–Trinajstić information content (AvgIpc) is 2.44. The van der Waals surface area contributed by atoms with Gasteiger partial charge in [-0.2, -0.15) is 0 Å². The van der Waals surface area contributed by atoms with E-state index in [1.54, 1.807) is 6.92 Å². The van der Waals surface area contributed by atoms with Gasteiger partial charge in [0.1, 0.15) is 0 Å². The Labute approximate surface area is 119 Å². The third kappa shape index (κ3) is 3.90. The Morgan fingerprint density at radius 1 is 1.35 bits per heavy atom. The number of hydrogen-bond acceptors (Lipinski definition) is 4. The summed E-state index contributed by atoms with van der Waals surface area (Å²) in [6.45, 7) is 3.70. The molecule has 1 aliphatic rings. The van der Waals surface area contributed by atoms with Gasteiger partial charge in [0.05, 0.1) is 19.1 Å². The van der Waals surface area contributed by atoms with E-state index in [0.717, 1.165) is 18.5 Å². The molecule has 1 aromatic rings. The van der Waals surface area contributed by atoms with Crippen molar-refractivity contribution in [1.29, 1.82) is 0 Å². The zero-order valence-corrected chi connectivity index (χ0v) is 11.9. The summed E-state index contributed by atoms with van der Waals surface area (Å²) in [5, 5.41) is 0. The van der Waals surface area contributed by atoms with E-state index in [1.807, 2.05) is 30.3 Å². The molecule has 0 aliphatic carbocycles. The highest BCUT2D eigenvalue weighted by atomic mass is 16.5. The van der Waals surface area contributed by atoms with Gasteiger partial charge in [0.15, 0.2) is 5.78 Å². The van der Waals surface area contributed by atoms with Gasteiger partial charge in [-0.05, 0) is 25.5 Å². The fraction of sp³-hybridized carbons (Fsp3) is 0.500. The van der Waals surface area contributed by atoms with Gasteiger partial charge in [-0.3, -0.25) is 14.5 Å². The Kier molecular flexibility index (Phi) is 5.30. The third-order valence-corrected chi connectivity index (χ3v) is 3.57. The van der Waals surface area contributed by atoms with Crippen LogP contribution in [0.15, 0.2) is 30.3 Å². The minimum absolute atomic E-state index is 0.153.